The van der Waals surface area contributed by atoms with Gasteiger partial charge in [0, 0.05) is 63.1 Å². The first-order valence-corrected chi connectivity index (χ1v) is 13.5. The summed E-state index contributed by atoms with van der Waals surface area (Å²) in [4.78, 5) is 21.5. The number of aromatic nitrogens is 2. The summed E-state index contributed by atoms with van der Waals surface area (Å²) < 4.78 is 51.5. The third-order valence-electron chi connectivity index (χ3n) is 8.16. The van der Waals surface area contributed by atoms with E-state index in [2.05, 4.69) is 25.6 Å². The van der Waals surface area contributed by atoms with Gasteiger partial charge in [-0.1, -0.05) is 0 Å². The largest absolute Gasteiger partial charge is 0.432 e. The summed E-state index contributed by atoms with van der Waals surface area (Å²) in [6.07, 6.45) is 4.16. The van der Waals surface area contributed by atoms with Crippen molar-refractivity contribution in [2.75, 3.05) is 36.6 Å². The summed E-state index contributed by atoms with van der Waals surface area (Å²) in [5.74, 6) is -1.000. The molecule has 3 aromatic rings. The van der Waals surface area contributed by atoms with Crippen LogP contribution in [0.5, 0.6) is 5.75 Å². The van der Waals surface area contributed by atoms with E-state index in [0.29, 0.717) is 42.2 Å². The Morgan fingerprint density at radius 2 is 1.90 bits per heavy atom. The smallest absolute Gasteiger partial charge is 0.387 e. The van der Waals surface area contributed by atoms with Crippen LogP contribution in [0.2, 0.25) is 0 Å². The third-order valence-corrected chi connectivity index (χ3v) is 8.16. The summed E-state index contributed by atoms with van der Waals surface area (Å²) in [6, 6.07) is 11.4. The van der Waals surface area contributed by atoms with Crippen molar-refractivity contribution in [1.82, 2.24) is 9.55 Å². The maximum atomic E-state index is 14.2. The molecule has 1 saturated heterocycles. The number of hydrogen-bond donors (Lipinski definition) is 0. The molecular formula is C29H32F3N5O3. The number of alkyl halides is 2. The molecule has 2 aliphatic rings. The third kappa shape index (κ3) is 5.72. The zero-order valence-electron chi connectivity index (χ0n) is 22.5. The molecule has 3 heterocycles. The van der Waals surface area contributed by atoms with Gasteiger partial charge in [0.15, 0.2) is 11.6 Å². The topological polar surface area (TPSA) is 83.6 Å². The lowest BCUT2D eigenvalue weighted by atomic mass is 9.88. The molecule has 5 rings (SSSR count). The summed E-state index contributed by atoms with van der Waals surface area (Å²) in [6.45, 7) is -1.13. The molecular weight excluding hydrogens is 523 g/mol. The predicted molar refractivity (Wildman–Crippen MR) is 145 cm³/mol. The maximum Gasteiger partial charge on any atom is 0.387 e. The number of benzene rings is 1. The van der Waals surface area contributed by atoms with Crippen LogP contribution in [-0.2, 0) is 11.8 Å². The molecule has 2 aromatic heterocycles. The lowest BCUT2D eigenvalue weighted by Gasteiger charge is -2.42. The number of nitriles is 1. The zero-order chi connectivity index (χ0) is 28.4. The number of anilines is 2. The summed E-state index contributed by atoms with van der Waals surface area (Å²) in [5.41, 5.74) is 2.72. The minimum Gasteiger partial charge on any atom is -0.432 e. The van der Waals surface area contributed by atoms with Crippen LogP contribution >= 0.6 is 0 Å². The van der Waals surface area contributed by atoms with Crippen molar-refractivity contribution >= 4 is 22.4 Å². The number of hydrogen-bond acceptors (Lipinski definition) is 7. The van der Waals surface area contributed by atoms with Gasteiger partial charge in [0.2, 0.25) is 0 Å². The number of aryl methyl sites for hydroxylation is 1. The fourth-order valence-corrected chi connectivity index (χ4v) is 5.92. The summed E-state index contributed by atoms with van der Waals surface area (Å²) >= 11 is 0. The van der Waals surface area contributed by atoms with E-state index in [1.807, 2.05) is 7.05 Å². The van der Waals surface area contributed by atoms with Gasteiger partial charge in [-0.15, -0.1) is 0 Å². The Bertz CT molecular complexity index is 1460. The summed E-state index contributed by atoms with van der Waals surface area (Å²) in [7, 11) is 3.63. The van der Waals surface area contributed by atoms with E-state index >= 15 is 0 Å². The van der Waals surface area contributed by atoms with Crippen LogP contribution in [0.3, 0.4) is 0 Å². The molecule has 0 bridgehead atoms. The average molecular weight is 556 g/mol. The van der Waals surface area contributed by atoms with Gasteiger partial charge in [0.05, 0.1) is 17.8 Å². The monoisotopic (exact) mass is 555 g/mol. The second kappa shape index (κ2) is 11.8. The van der Waals surface area contributed by atoms with Gasteiger partial charge >= 0.3 is 6.61 Å². The van der Waals surface area contributed by atoms with Crippen LogP contribution in [0.25, 0.3) is 11.0 Å². The second-order valence-electron chi connectivity index (χ2n) is 10.6. The number of rotatable bonds is 8. The Morgan fingerprint density at radius 1 is 1.15 bits per heavy atom. The van der Waals surface area contributed by atoms with Crippen LogP contribution in [0.4, 0.5) is 24.5 Å². The summed E-state index contributed by atoms with van der Waals surface area (Å²) in [5, 5.41) is 9.38. The molecule has 1 aliphatic carbocycles. The van der Waals surface area contributed by atoms with Crippen LogP contribution in [0.1, 0.15) is 37.8 Å². The highest BCUT2D eigenvalue weighted by molar-refractivity contribution is 5.88. The fourth-order valence-electron chi connectivity index (χ4n) is 5.92. The van der Waals surface area contributed by atoms with E-state index in [0.717, 1.165) is 32.1 Å². The van der Waals surface area contributed by atoms with Crippen LogP contribution in [0, 0.1) is 23.1 Å². The SMILES string of the molecule is CN(c1cc(=O)n(C)c2ccc(C#N)nc12)C1CCC(N(CC2CCOC2)c2ccc(F)c(OC(F)F)c2)CC1. The van der Waals surface area contributed by atoms with Crippen molar-refractivity contribution in [2.45, 2.75) is 50.8 Å². The van der Waals surface area contributed by atoms with E-state index in [4.69, 9.17) is 4.74 Å². The standard InChI is InChI=1S/C29H32F3N5O3/c1-35(25-14-27(38)36(2)24-10-3-19(15-33)34-28(24)25)20-4-6-21(7-5-20)37(16-18-11-12-39-17-18)22-8-9-23(30)26(13-22)40-29(31)32/h3,8-10,13-14,18,20-21,29H,4-7,11-12,16-17H2,1-2H3. The lowest BCUT2D eigenvalue weighted by molar-refractivity contribution is -0.0521. The van der Waals surface area contributed by atoms with E-state index < -0.39 is 18.2 Å². The molecule has 1 aliphatic heterocycles. The maximum absolute atomic E-state index is 14.2. The van der Waals surface area contributed by atoms with Crippen molar-refractivity contribution in [1.29, 1.82) is 5.26 Å². The molecule has 1 saturated carbocycles. The molecule has 0 amide bonds. The van der Waals surface area contributed by atoms with Crippen molar-refractivity contribution in [2.24, 2.45) is 13.0 Å². The normalized spacial score (nSPS) is 21.0. The zero-order valence-corrected chi connectivity index (χ0v) is 22.5. The van der Waals surface area contributed by atoms with Crippen molar-refractivity contribution < 1.29 is 22.6 Å². The highest BCUT2D eigenvalue weighted by Gasteiger charge is 2.32. The molecule has 212 valence electrons. The Labute approximate surface area is 230 Å². The first-order valence-electron chi connectivity index (χ1n) is 13.5. The first kappa shape index (κ1) is 27.8. The Morgan fingerprint density at radius 3 is 2.58 bits per heavy atom. The number of halogens is 3. The highest BCUT2D eigenvalue weighted by Crippen LogP contribution is 2.36. The van der Waals surface area contributed by atoms with E-state index in [9.17, 15) is 23.2 Å². The molecule has 1 unspecified atom stereocenters. The van der Waals surface area contributed by atoms with Gasteiger partial charge in [-0.25, -0.2) is 9.37 Å². The van der Waals surface area contributed by atoms with E-state index in [-0.39, 0.29) is 29.3 Å². The Balaban J connectivity index is 1.38. The van der Waals surface area contributed by atoms with Crippen LogP contribution < -0.4 is 20.1 Å². The fraction of sp³-hybridized carbons (Fsp3) is 0.483. The molecule has 11 heteroatoms. The molecule has 40 heavy (non-hydrogen) atoms. The van der Waals surface area contributed by atoms with E-state index in [1.165, 1.54) is 16.7 Å². The number of pyridine rings is 2. The van der Waals surface area contributed by atoms with Gasteiger partial charge in [0.1, 0.15) is 17.3 Å². The van der Waals surface area contributed by atoms with Gasteiger partial charge in [-0.05, 0) is 56.4 Å². The molecule has 8 nitrogen and oxygen atoms in total. The van der Waals surface area contributed by atoms with Gasteiger partial charge in [0.25, 0.3) is 5.56 Å². The minimum atomic E-state index is -3.11. The average Bonchev–Trinajstić information content (AvgIpc) is 3.47. The predicted octanol–water partition coefficient (Wildman–Crippen LogP) is 4.84. The molecule has 0 spiro atoms. The van der Waals surface area contributed by atoms with Crippen LogP contribution in [-0.4, -0.2) is 55.1 Å². The Hall–Kier alpha value is -3.78. The first-order chi connectivity index (χ1) is 19.2. The molecule has 2 fully saturated rings. The highest BCUT2D eigenvalue weighted by atomic mass is 19.3. The number of nitrogens with zero attached hydrogens (tertiary/aromatic N) is 5. The van der Waals surface area contributed by atoms with Crippen molar-refractivity contribution in [3.05, 3.63) is 58.3 Å². The quantitative estimate of drug-likeness (QED) is 0.394. The molecule has 1 atom stereocenters. The molecule has 1 aromatic carbocycles. The molecule has 0 radical (unpaired) electrons. The molecule has 0 N–H and O–H groups in total. The second-order valence-corrected chi connectivity index (χ2v) is 10.6. The van der Waals surface area contributed by atoms with E-state index in [1.54, 1.807) is 31.3 Å². The van der Waals surface area contributed by atoms with Crippen molar-refractivity contribution in [3.63, 3.8) is 0 Å². The van der Waals surface area contributed by atoms with Gasteiger partial charge in [-0.2, -0.15) is 14.0 Å². The minimum absolute atomic E-state index is 0.110. The van der Waals surface area contributed by atoms with Crippen molar-refractivity contribution in [3.8, 4) is 11.8 Å². The Kier molecular flexibility index (Phi) is 8.17. The number of fused-ring (bicyclic) bond motifs is 1. The van der Waals surface area contributed by atoms with Crippen LogP contribution in [0.15, 0.2) is 41.2 Å². The van der Waals surface area contributed by atoms with Gasteiger partial charge in [-0.3, -0.25) is 4.79 Å². The lowest BCUT2D eigenvalue weighted by Crippen LogP contribution is -2.45. The number of ether oxygens (including phenoxy) is 2. The van der Waals surface area contributed by atoms with Gasteiger partial charge < -0.3 is 23.8 Å².